The summed E-state index contributed by atoms with van der Waals surface area (Å²) in [4.78, 5) is 47.0. The van der Waals surface area contributed by atoms with Crippen LogP contribution in [0.1, 0.15) is 43.9 Å². The van der Waals surface area contributed by atoms with Crippen molar-refractivity contribution >= 4 is 56.7 Å². The lowest BCUT2D eigenvalue weighted by molar-refractivity contribution is -0.121. The highest BCUT2D eigenvalue weighted by Crippen LogP contribution is 2.55. The van der Waals surface area contributed by atoms with Gasteiger partial charge in [0.1, 0.15) is 11.4 Å². The first-order valence-corrected chi connectivity index (χ1v) is 16.7. The predicted molar refractivity (Wildman–Crippen MR) is 179 cm³/mol. The molecule has 0 fully saturated rings. The Labute approximate surface area is 276 Å². The minimum absolute atomic E-state index is 0.0829. The van der Waals surface area contributed by atoms with Gasteiger partial charge in [-0.05, 0) is 54.8 Å². The first kappa shape index (κ1) is 29.3. The molecule has 232 valence electrons. The number of aromatic nitrogens is 2. The molecule has 0 radical (unpaired) electrons. The number of carbonyl (C=O) groups excluding carboxylic acids is 2. The van der Waals surface area contributed by atoms with Crippen LogP contribution in [0.4, 0.5) is 15.2 Å². The van der Waals surface area contributed by atoms with Gasteiger partial charge in [0, 0.05) is 16.9 Å². The molecule has 1 atom stereocenters. The highest BCUT2D eigenvalue weighted by Gasteiger charge is 2.66. The second-order valence-corrected chi connectivity index (χ2v) is 13.7. The van der Waals surface area contributed by atoms with Crippen LogP contribution in [0.25, 0.3) is 11.0 Å². The van der Waals surface area contributed by atoms with E-state index >= 15 is 4.79 Å². The average molecular weight is 661 g/mol. The molecule has 0 saturated carbocycles. The van der Waals surface area contributed by atoms with Crippen LogP contribution in [-0.2, 0) is 22.6 Å². The summed E-state index contributed by atoms with van der Waals surface area (Å²) >= 11 is 2.61. The molecule has 8 nitrogen and oxygen atoms in total. The third-order valence-electron chi connectivity index (χ3n) is 8.82. The van der Waals surface area contributed by atoms with Crippen LogP contribution in [0.3, 0.4) is 0 Å². The molecule has 0 bridgehead atoms. The van der Waals surface area contributed by atoms with E-state index in [-0.39, 0.29) is 39.5 Å². The number of para-hydroxylation sites is 1. The standard InChI is InChI=1S/C36H25FN4O4S2/c1-20-16-24-28(17-21(20)2)45-31-29(30(24)42)36(41(32(31)43)34-38-39-35(47-34)46-19-22-10-4-3-5-11-22)25-13-7-9-15-27(25)40(33(36)44)18-23-12-6-8-14-26(23)37/h3-17H,18-19H2,1-2H3. The van der Waals surface area contributed by atoms with Crippen molar-refractivity contribution in [1.29, 1.82) is 0 Å². The van der Waals surface area contributed by atoms with Crippen molar-refractivity contribution in [2.75, 3.05) is 9.80 Å². The summed E-state index contributed by atoms with van der Waals surface area (Å²) in [6.07, 6.45) is 0. The number of fused-ring (bicyclic) bond motifs is 5. The molecule has 4 aromatic carbocycles. The summed E-state index contributed by atoms with van der Waals surface area (Å²) in [5, 5.41) is 9.16. The van der Waals surface area contributed by atoms with Crippen LogP contribution in [0.15, 0.2) is 105 Å². The summed E-state index contributed by atoms with van der Waals surface area (Å²) in [6, 6.07) is 26.5. The van der Waals surface area contributed by atoms with E-state index in [0.29, 0.717) is 21.3 Å². The number of amides is 2. The van der Waals surface area contributed by atoms with Crippen LogP contribution in [0.5, 0.6) is 0 Å². The van der Waals surface area contributed by atoms with Crippen molar-refractivity contribution < 1.29 is 18.4 Å². The summed E-state index contributed by atoms with van der Waals surface area (Å²) in [5.74, 6) is -1.34. The Hall–Kier alpha value is -5.13. The van der Waals surface area contributed by atoms with Crippen molar-refractivity contribution in [1.82, 2.24) is 10.2 Å². The Morgan fingerprint density at radius 1 is 0.894 bits per heavy atom. The first-order valence-electron chi connectivity index (χ1n) is 14.9. The molecule has 6 aromatic rings. The van der Waals surface area contributed by atoms with Crippen molar-refractivity contribution in [2.24, 2.45) is 0 Å². The zero-order chi connectivity index (χ0) is 32.4. The fourth-order valence-corrected chi connectivity index (χ4v) is 8.29. The molecule has 0 saturated heterocycles. The van der Waals surface area contributed by atoms with Crippen molar-refractivity contribution in [2.45, 2.75) is 36.0 Å². The zero-order valence-corrected chi connectivity index (χ0v) is 26.8. The van der Waals surface area contributed by atoms with Crippen LogP contribution >= 0.6 is 23.1 Å². The van der Waals surface area contributed by atoms with Gasteiger partial charge >= 0.3 is 0 Å². The highest BCUT2D eigenvalue weighted by atomic mass is 32.2. The molecule has 2 aromatic heterocycles. The lowest BCUT2D eigenvalue weighted by Gasteiger charge is -2.32. The number of thioether (sulfide) groups is 1. The molecule has 0 aliphatic carbocycles. The number of hydrogen-bond donors (Lipinski definition) is 0. The van der Waals surface area contributed by atoms with E-state index in [2.05, 4.69) is 10.2 Å². The molecular formula is C36H25FN4O4S2. The van der Waals surface area contributed by atoms with Gasteiger partial charge in [0.25, 0.3) is 11.8 Å². The van der Waals surface area contributed by atoms with E-state index in [1.807, 2.05) is 44.2 Å². The maximum Gasteiger partial charge on any atom is 0.297 e. The largest absolute Gasteiger partial charge is 0.450 e. The van der Waals surface area contributed by atoms with Crippen LogP contribution in [0, 0.1) is 19.7 Å². The topological polar surface area (TPSA) is 96.6 Å². The molecular weight excluding hydrogens is 636 g/mol. The summed E-state index contributed by atoms with van der Waals surface area (Å²) in [5.41, 5.74) is 1.71. The Morgan fingerprint density at radius 2 is 1.62 bits per heavy atom. The zero-order valence-electron chi connectivity index (χ0n) is 25.2. The quantitative estimate of drug-likeness (QED) is 0.138. The second-order valence-electron chi connectivity index (χ2n) is 11.5. The van der Waals surface area contributed by atoms with E-state index in [1.54, 1.807) is 54.6 Å². The molecule has 1 unspecified atom stereocenters. The molecule has 47 heavy (non-hydrogen) atoms. The molecule has 2 aliphatic rings. The smallest absolute Gasteiger partial charge is 0.297 e. The van der Waals surface area contributed by atoms with Crippen LogP contribution in [-0.4, -0.2) is 22.0 Å². The highest BCUT2D eigenvalue weighted by molar-refractivity contribution is 8.00. The van der Waals surface area contributed by atoms with Crippen LogP contribution < -0.4 is 15.2 Å². The van der Waals surface area contributed by atoms with Crippen molar-refractivity contribution in [3.05, 3.63) is 146 Å². The molecule has 1 spiro atoms. The number of benzene rings is 4. The number of nitrogens with zero attached hydrogens (tertiary/aromatic N) is 4. The minimum atomic E-state index is -1.96. The molecule has 11 heteroatoms. The van der Waals surface area contributed by atoms with Gasteiger partial charge in [0.2, 0.25) is 10.9 Å². The van der Waals surface area contributed by atoms with Crippen molar-refractivity contribution in [3.63, 3.8) is 0 Å². The summed E-state index contributed by atoms with van der Waals surface area (Å²) in [6.45, 7) is 3.66. The Bertz CT molecular complexity index is 2320. The third kappa shape index (κ3) is 4.37. The molecule has 2 amide bonds. The minimum Gasteiger partial charge on any atom is -0.450 e. The van der Waals surface area contributed by atoms with Gasteiger partial charge in [-0.1, -0.05) is 89.8 Å². The maximum atomic E-state index is 15.1. The van der Waals surface area contributed by atoms with Gasteiger partial charge in [-0.15, -0.1) is 10.2 Å². The van der Waals surface area contributed by atoms with E-state index in [0.717, 1.165) is 28.0 Å². The summed E-state index contributed by atoms with van der Waals surface area (Å²) < 4.78 is 21.8. The fourth-order valence-electron chi connectivity index (χ4n) is 6.44. The molecule has 4 heterocycles. The van der Waals surface area contributed by atoms with E-state index in [9.17, 15) is 14.0 Å². The lowest BCUT2D eigenvalue weighted by atomic mass is 9.84. The van der Waals surface area contributed by atoms with Crippen molar-refractivity contribution in [3.8, 4) is 0 Å². The normalized spacial score (nSPS) is 16.8. The number of halogens is 1. The first-order chi connectivity index (χ1) is 22.8. The van der Waals surface area contributed by atoms with Gasteiger partial charge < -0.3 is 9.32 Å². The second kappa shape index (κ2) is 11.0. The number of aryl methyl sites for hydroxylation is 2. The van der Waals surface area contributed by atoms with E-state index < -0.39 is 28.6 Å². The van der Waals surface area contributed by atoms with Gasteiger partial charge in [0.15, 0.2) is 15.3 Å². The van der Waals surface area contributed by atoms with E-state index in [1.165, 1.54) is 27.6 Å². The van der Waals surface area contributed by atoms with Gasteiger partial charge in [-0.25, -0.2) is 4.39 Å². The number of carbonyl (C=O) groups is 2. The van der Waals surface area contributed by atoms with Crippen LogP contribution in [0.2, 0.25) is 0 Å². The number of anilines is 2. The Morgan fingerprint density at radius 3 is 2.43 bits per heavy atom. The number of rotatable bonds is 6. The van der Waals surface area contributed by atoms with E-state index in [4.69, 9.17) is 4.42 Å². The Balaban J connectivity index is 1.35. The fraction of sp³-hybridized carbons (Fsp3) is 0.139. The predicted octanol–water partition coefficient (Wildman–Crippen LogP) is 7.14. The number of hydrogen-bond acceptors (Lipinski definition) is 8. The Kier molecular flexibility index (Phi) is 6.85. The molecule has 2 aliphatic heterocycles. The lowest BCUT2D eigenvalue weighted by Crippen LogP contribution is -2.53. The van der Waals surface area contributed by atoms with Gasteiger partial charge in [0.05, 0.1) is 23.2 Å². The molecule has 8 rings (SSSR count). The average Bonchev–Trinajstić information content (AvgIpc) is 3.71. The summed E-state index contributed by atoms with van der Waals surface area (Å²) in [7, 11) is 0. The maximum absolute atomic E-state index is 15.1. The van der Waals surface area contributed by atoms with Gasteiger partial charge in [-0.3, -0.25) is 19.3 Å². The van der Waals surface area contributed by atoms with Gasteiger partial charge in [-0.2, -0.15) is 0 Å². The monoisotopic (exact) mass is 660 g/mol. The third-order valence-corrected chi connectivity index (χ3v) is 10.9. The molecule has 0 N–H and O–H groups in total. The SMILES string of the molecule is Cc1cc2oc3c(c(=O)c2cc1C)C1(C(=O)N(Cc2ccccc2F)c2ccccc21)N(c1nnc(SCc2ccccc2)s1)C3=O.